The molecule has 0 heterocycles. The molecule has 0 aliphatic heterocycles. The highest BCUT2D eigenvalue weighted by Crippen LogP contribution is 2.15. The van der Waals surface area contributed by atoms with Gasteiger partial charge in [-0.25, -0.2) is 0 Å². The molecule has 0 aromatic carbocycles. The zero-order valence-corrected chi connectivity index (χ0v) is 44.9. The fourth-order valence-corrected chi connectivity index (χ4v) is 8.11. The molecule has 392 valence electrons. The average molecular weight is 950 g/mol. The summed E-state index contributed by atoms with van der Waals surface area (Å²) in [5.41, 5.74) is 0. The van der Waals surface area contributed by atoms with Gasteiger partial charge in [0.15, 0.2) is 6.10 Å². The summed E-state index contributed by atoms with van der Waals surface area (Å²) in [5, 5.41) is 0. The predicted octanol–water partition coefficient (Wildman–Crippen LogP) is 19.4. The molecule has 6 heteroatoms. The first kappa shape index (κ1) is 64.8. The lowest BCUT2D eigenvalue weighted by molar-refractivity contribution is -0.167. The van der Waals surface area contributed by atoms with Gasteiger partial charge in [0, 0.05) is 19.3 Å². The van der Waals surface area contributed by atoms with Gasteiger partial charge in [-0.2, -0.15) is 0 Å². The topological polar surface area (TPSA) is 78.9 Å². The highest BCUT2D eigenvalue weighted by atomic mass is 16.6. The second kappa shape index (κ2) is 56.4. The van der Waals surface area contributed by atoms with Crippen LogP contribution < -0.4 is 0 Å². The Bertz CT molecular complexity index is 1270. The molecule has 0 spiro atoms. The monoisotopic (exact) mass is 949 g/mol. The van der Waals surface area contributed by atoms with E-state index in [4.69, 9.17) is 14.2 Å². The number of hydrogen-bond donors (Lipinski definition) is 0. The number of carbonyl (C=O) groups excluding carboxylic acids is 3. The third kappa shape index (κ3) is 53.8. The van der Waals surface area contributed by atoms with Gasteiger partial charge in [-0.05, 0) is 89.9 Å². The fourth-order valence-electron chi connectivity index (χ4n) is 8.11. The Kier molecular flexibility index (Phi) is 53.8. The Morgan fingerprint density at radius 2 is 0.574 bits per heavy atom. The Labute approximate surface area is 421 Å². The maximum atomic E-state index is 12.8. The lowest BCUT2D eigenvalue weighted by Crippen LogP contribution is -2.30. The first-order valence-corrected chi connectivity index (χ1v) is 28.9. The molecular weight excluding hydrogens is 841 g/mol. The van der Waals surface area contributed by atoms with Crippen molar-refractivity contribution in [1.29, 1.82) is 0 Å². The van der Waals surface area contributed by atoms with Crippen LogP contribution in [0.4, 0.5) is 0 Å². The molecule has 68 heavy (non-hydrogen) atoms. The van der Waals surface area contributed by atoms with Crippen LogP contribution in [0.3, 0.4) is 0 Å². The molecule has 0 radical (unpaired) electrons. The van der Waals surface area contributed by atoms with Gasteiger partial charge >= 0.3 is 17.9 Å². The van der Waals surface area contributed by atoms with Crippen LogP contribution in [-0.4, -0.2) is 37.2 Å². The lowest BCUT2D eigenvalue weighted by Gasteiger charge is -2.18. The second-order valence-corrected chi connectivity index (χ2v) is 19.2. The number of carbonyl (C=O) groups is 3. The van der Waals surface area contributed by atoms with Crippen LogP contribution in [-0.2, 0) is 28.6 Å². The number of allylic oxidation sites excluding steroid dienone is 12. The molecule has 0 saturated carbocycles. The van der Waals surface area contributed by atoms with Crippen LogP contribution >= 0.6 is 0 Å². The maximum Gasteiger partial charge on any atom is 0.306 e. The van der Waals surface area contributed by atoms with Crippen molar-refractivity contribution in [1.82, 2.24) is 0 Å². The normalized spacial score (nSPS) is 12.6. The minimum atomic E-state index is -0.788. The largest absolute Gasteiger partial charge is 0.462 e. The standard InChI is InChI=1S/C62H108O6/c1-4-7-10-13-16-19-22-24-25-26-27-28-29-30-31-32-33-34-35-36-37-39-40-43-46-49-52-55-61(64)67-58-59(57-66-60(63)54-51-48-45-42-21-18-15-12-9-6-3)68-62(65)56-53-50-47-44-41-38-23-20-17-14-11-8-5-2/h8,11,17,20,22,24,26-27,29-30,38,41,59H,4-7,9-10,12-16,18-19,21,23,25,28,31-37,39-40,42-58H2,1-3H3/b11-8-,20-17-,24-22-,27-26-,30-29-,41-38-. The molecule has 0 saturated heterocycles. The van der Waals surface area contributed by atoms with E-state index in [0.29, 0.717) is 19.3 Å². The van der Waals surface area contributed by atoms with E-state index >= 15 is 0 Å². The summed E-state index contributed by atoms with van der Waals surface area (Å²) in [7, 11) is 0. The number of unbranched alkanes of at least 4 members (excludes halogenated alkanes) is 29. The van der Waals surface area contributed by atoms with Crippen LogP contribution in [0.25, 0.3) is 0 Å². The molecule has 0 N–H and O–H groups in total. The summed E-state index contributed by atoms with van der Waals surface area (Å²) in [6.45, 7) is 6.49. The summed E-state index contributed by atoms with van der Waals surface area (Å²) >= 11 is 0. The van der Waals surface area contributed by atoms with Gasteiger partial charge < -0.3 is 14.2 Å². The quantitative estimate of drug-likeness (QED) is 0.0262. The molecule has 6 nitrogen and oxygen atoms in total. The molecule has 0 aliphatic rings. The highest BCUT2D eigenvalue weighted by Gasteiger charge is 2.19. The molecule has 0 fully saturated rings. The summed E-state index contributed by atoms with van der Waals surface area (Å²) in [4.78, 5) is 38.0. The maximum absolute atomic E-state index is 12.8. The van der Waals surface area contributed by atoms with E-state index < -0.39 is 6.10 Å². The van der Waals surface area contributed by atoms with Crippen molar-refractivity contribution in [3.63, 3.8) is 0 Å². The Balaban J connectivity index is 4.20. The highest BCUT2D eigenvalue weighted by molar-refractivity contribution is 5.71. The van der Waals surface area contributed by atoms with Gasteiger partial charge in [0.05, 0.1) is 0 Å². The first-order chi connectivity index (χ1) is 33.5. The molecule has 0 aromatic heterocycles. The van der Waals surface area contributed by atoms with E-state index in [1.165, 1.54) is 148 Å². The zero-order chi connectivity index (χ0) is 49.3. The van der Waals surface area contributed by atoms with Crippen molar-refractivity contribution in [2.45, 2.75) is 290 Å². The van der Waals surface area contributed by atoms with Crippen LogP contribution in [0, 0.1) is 0 Å². The lowest BCUT2D eigenvalue weighted by atomic mass is 10.0. The van der Waals surface area contributed by atoms with E-state index in [9.17, 15) is 14.4 Å². The summed E-state index contributed by atoms with van der Waals surface area (Å²) in [6, 6.07) is 0. The number of ether oxygens (including phenoxy) is 3. The van der Waals surface area contributed by atoms with Crippen LogP contribution in [0.5, 0.6) is 0 Å². The summed E-state index contributed by atoms with van der Waals surface area (Å²) in [5.74, 6) is -0.913. The first-order valence-electron chi connectivity index (χ1n) is 28.9. The van der Waals surface area contributed by atoms with E-state index in [0.717, 1.165) is 96.3 Å². The smallest absolute Gasteiger partial charge is 0.306 e. The molecule has 0 amide bonds. The molecule has 0 aromatic rings. The van der Waals surface area contributed by atoms with E-state index in [1.807, 2.05) is 0 Å². The Morgan fingerprint density at radius 1 is 0.309 bits per heavy atom. The minimum absolute atomic E-state index is 0.0857. The second-order valence-electron chi connectivity index (χ2n) is 19.2. The SMILES string of the molecule is CC/C=C\C/C=C\C/C=C\CCCCCC(=O)OC(COC(=O)CCCCCCCCCCCC)COC(=O)CCCCCCCCCCCCCC/C=C\C/C=C\C/C=C\CCCCCCC. The zero-order valence-electron chi connectivity index (χ0n) is 44.9. The predicted molar refractivity (Wildman–Crippen MR) is 293 cm³/mol. The van der Waals surface area contributed by atoms with E-state index in [2.05, 4.69) is 93.7 Å². The minimum Gasteiger partial charge on any atom is -0.462 e. The third-order valence-corrected chi connectivity index (χ3v) is 12.4. The van der Waals surface area contributed by atoms with E-state index in [1.54, 1.807) is 0 Å². The van der Waals surface area contributed by atoms with Crippen molar-refractivity contribution in [2.24, 2.45) is 0 Å². The van der Waals surface area contributed by atoms with Gasteiger partial charge in [0.1, 0.15) is 13.2 Å². The van der Waals surface area contributed by atoms with Crippen LogP contribution in [0.1, 0.15) is 284 Å². The number of rotatable bonds is 52. The van der Waals surface area contributed by atoms with Crippen molar-refractivity contribution in [3.05, 3.63) is 72.9 Å². The number of hydrogen-bond acceptors (Lipinski definition) is 6. The molecule has 1 atom stereocenters. The molecule has 0 aliphatic carbocycles. The Hall–Kier alpha value is -3.15. The van der Waals surface area contributed by atoms with Crippen molar-refractivity contribution < 1.29 is 28.6 Å². The van der Waals surface area contributed by atoms with Crippen molar-refractivity contribution in [3.8, 4) is 0 Å². The molecular formula is C62H108O6. The fraction of sp³-hybridized carbons (Fsp3) is 0.758. The molecule has 0 rings (SSSR count). The van der Waals surface area contributed by atoms with Gasteiger partial charge in [0.25, 0.3) is 0 Å². The van der Waals surface area contributed by atoms with E-state index in [-0.39, 0.29) is 31.1 Å². The molecule has 1 unspecified atom stereocenters. The van der Waals surface area contributed by atoms with Gasteiger partial charge in [-0.1, -0.05) is 248 Å². The van der Waals surface area contributed by atoms with Gasteiger partial charge in [-0.3, -0.25) is 14.4 Å². The van der Waals surface area contributed by atoms with Crippen LogP contribution in [0.2, 0.25) is 0 Å². The van der Waals surface area contributed by atoms with Crippen molar-refractivity contribution >= 4 is 17.9 Å². The third-order valence-electron chi connectivity index (χ3n) is 12.4. The number of esters is 3. The Morgan fingerprint density at radius 3 is 0.912 bits per heavy atom. The van der Waals surface area contributed by atoms with Gasteiger partial charge in [-0.15, -0.1) is 0 Å². The molecule has 0 bridgehead atoms. The van der Waals surface area contributed by atoms with Crippen molar-refractivity contribution in [2.75, 3.05) is 13.2 Å². The average Bonchev–Trinajstić information content (AvgIpc) is 3.34. The summed E-state index contributed by atoms with van der Waals surface area (Å²) < 4.78 is 16.8. The van der Waals surface area contributed by atoms with Crippen LogP contribution in [0.15, 0.2) is 72.9 Å². The summed E-state index contributed by atoms with van der Waals surface area (Å²) in [6.07, 6.45) is 72.0. The van der Waals surface area contributed by atoms with Gasteiger partial charge in [0.2, 0.25) is 0 Å².